The Hall–Kier alpha value is -1.42. The highest BCUT2D eigenvalue weighted by Crippen LogP contribution is 2.35. The van der Waals surface area contributed by atoms with Crippen molar-refractivity contribution >= 4 is 23.1 Å². The highest BCUT2D eigenvalue weighted by atomic mass is 35.5. The molecule has 0 atom stereocenters. The molecule has 1 saturated heterocycles. The van der Waals surface area contributed by atoms with E-state index in [2.05, 4.69) is 23.9 Å². The Morgan fingerprint density at radius 1 is 1.50 bits per heavy atom. The molecule has 0 aromatic heterocycles. The van der Waals surface area contributed by atoms with Crippen LogP contribution in [0.1, 0.15) is 32.3 Å². The second-order valence-corrected chi connectivity index (χ2v) is 5.62. The molecule has 1 aromatic rings. The van der Waals surface area contributed by atoms with Gasteiger partial charge >= 0.3 is 0 Å². The smallest absolute Gasteiger partial charge is 0.171 e. The molecule has 1 aromatic carbocycles. The second kappa shape index (κ2) is 4.69. The maximum atomic E-state index is 8.67. The predicted molar refractivity (Wildman–Crippen MR) is 74.6 cm³/mol. The van der Waals surface area contributed by atoms with E-state index in [1.165, 1.54) is 12.8 Å². The minimum absolute atomic E-state index is 0.0345. The predicted octanol–water partition coefficient (Wildman–Crippen LogP) is 2.81. The van der Waals surface area contributed by atoms with Gasteiger partial charge in [0.15, 0.2) is 5.84 Å². The Kier molecular flexibility index (Phi) is 3.39. The van der Waals surface area contributed by atoms with Gasteiger partial charge in [-0.1, -0.05) is 16.8 Å². The Labute approximate surface area is 112 Å². The first-order valence-corrected chi connectivity index (χ1v) is 6.38. The topological polar surface area (TPSA) is 61.8 Å². The maximum Gasteiger partial charge on any atom is 0.171 e. The number of amidine groups is 1. The lowest BCUT2D eigenvalue weighted by Crippen LogP contribution is -2.38. The molecule has 0 spiro atoms. The summed E-state index contributed by atoms with van der Waals surface area (Å²) < 4.78 is 0. The van der Waals surface area contributed by atoms with Crippen molar-refractivity contribution < 1.29 is 5.21 Å². The molecule has 4 nitrogen and oxygen atoms in total. The standard InChI is InChI=1S/C13H18ClN3O/c1-13(2)6-3-7-17(13)9-4-5-10(11(14)8-9)12(15)16-18/h4-5,8,18H,3,6-7H2,1-2H3,(H2,15,16). The first kappa shape index (κ1) is 13.0. The van der Waals surface area contributed by atoms with E-state index in [1.807, 2.05) is 12.1 Å². The summed E-state index contributed by atoms with van der Waals surface area (Å²) in [5.74, 6) is 0.0345. The van der Waals surface area contributed by atoms with Gasteiger partial charge in [-0.15, -0.1) is 0 Å². The van der Waals surface area contributed by atoms with Crippen molar-refractivity contribution in [3.63, 3.8) is 0 Å². The van der Waals surface area contributed by atoms with E-state index in [0.29, 0.717) is 10.6 Å². The molecule has 0 amide bonds. The van der Waals surface area contributed by atoms with Crippen LogP contribution in [0.2, 0.25) is 5.02 Å². The van der Waals surface area contributed by atoms with Gasteiger partial charge in [0.2, 0.25) is 0 Å². The van der Waals surface area contributed by atoms with Crippen molar-refractivity contribution in [1.29, 1.82) is 0 Å². The van der Waals surface area contributed by atoms with E-state index >= 15 is 0 Å². The summed E-state index contributed by atoms with van der Waals surface area (Å²) in [7, 11) is 0. The van der Waals surface area contributed by atoms with Gasteiger partial charge in [0.25, 0.3) is 0 Å². The minimum atomic E-state index is 0.0345. The number of rotatable bonds is 2. The molecule has 1 aliphatic heterocycles. The van der Waals surface area contributed by atoms with Crippen LogP contribution in [0.3, 0.4) is 0 Å². The number of nitrogens with zero attached hydrogens (tertiary/aromatic N) is 2. The average molecular weight is 268 g/mol. The summed E-state index contributed by atoms with van der Waals surface area (Å²) in [6.07, 6.45) is 2.36. The molecule has 3 N–H and O–H groups in total. The minimum Gasteiger partial charge on any atom is -0.409 e. The summed E-state index contributed by atoms with van der Waals surface area (Å²) >= 11 is 6.18. The van der Waals surface area contributed by atoms with Crippen LogP contribution in [0.5, 0.6) is 0 Å². The fourth-order valence-corrected chi connectivity index (χ4v) is 2.79. The molecule has 1 fully saturated rings. The molecule has 2 rings (SSSR count). The molecule has 0 bridgehead atoms. The van der Waals surface area contributed by atoms with Crippen LogP contribution in [-0.4, -0.2) is 23.1 Å². The number of nitrogens with two attached hydrogens (primary N) is 1. The van der Waals surface area contributed by atoms with Crippen LogP contribution in [0.25, 0.3) is 0 Å². The lowest BCUT2D eigenvalue weighted by Gasteiger charge is -2.34. The normalized spacial score (nSPS) is 19.3. The first-order valence-electron chi connectivity index (χ1n) is 6.01. The second-order valence-electron chi connectivity index (χ2n) is 5.22. The molecule has 0 unspecified atom stereocenters. The number of hydrogen-bond acceptors (Lipinski definition) is 3. The van der Waals surface area contributed by atoms with Crippen LogP contribution in [-0.2, 0) is 0 Å². The zero-order valence-electron chi connectivity index (χ0n) is 10.7. The number of hydrogen-bond donors (Lipinski definition) is 2. The van der Waals surface area contributed by atoms with Crippen molar-refractivity contribution in [2.75, 3.05) is 11.4 Å². The van der Waals surface area contributed by atoms with Gasteiger partial charge in [0.05, 0.1) is 5.02 Å². The van der Waals surface area contributed by atoms with Crippen LogP contribution in [0.15, 0.2) is 23.4 Å². The fourth-order valence-electron chi connectivity index (χ4n) is 2.52. The summed E-state index contributed by atoms with van der Waals surface area (Å²) in [4.78, 5) is 2.34. The maximum absolute atomic E-state index is 8.67. The van der Waals surface area contributed by atoms with Crippen molar-refractivity contribution in [2.24, 2.45) is 10.9 Å². The molecular weight excluding hydrogens is 250 g/mol. The lowest BCUT2D eigenvalue weighted by molar-refractivity contribution is 0.318. The third-order valence-electron chi connectivity index (χ3n) is 3.55. The number of benzene rings is 1. The van der Waals surface area contributed by atoms with Crippen molar-refractivity contribution in [2.45, 2.75) is 32.2 Å². The average Bonchev–Trinajstić information content (AvgIpc) is 2.68. The Morgan fingerprint density at radius 2 is 2.22 bits per heavy atom. The van der Waals surface area contributed by atoms with Crippen molar-refractivity contribution in [1.82, 2.24) is 0 Å². The zero-order valence-corrected chi connectivity index (χ0v) is 11.4. The van der Waals surface area contributed by atoms with E-state index in [4.69, 9.17) is 22.5 Å². The molecule has 0 aliphatic carbocycles. The Morgan fingerprint density at radius 3 is 2.72 bits per heavy atom. The summed E-state index contributed by atoms with van der Waals surface area (Å²) in [5, 5.41) is 12.1. The first-order chi connectivity index (χ1) is 8.45. The van der Waals surface area contributed by atoms with Crippen molar-refractivity contribution in [3.8, 4) is 0 Å². The summed E-state index contributed by atoms with van der Waals surface area (Å²) in [6.45, 7) is 5.49. The molecule has 98 valence electrons. The summed E-state index contributed by atoms with van der Waals surface area (Å²) in [5.41, 5.74) is 7.34. The van der Waals surface area contributed by atoms with Gasteiger partial charge in [-0.3, -0.25) is 0 Å². The number of halogens is 1. The van der Waals surface area contributed by atoms with Crippen LogP contribution in [0.4, 0.5) is 5.69 Å². The molecule has 0 saturated carbocycles. The van der Waals surface area contributed by atoms with Gasteiger partial charge in [-0.05, 0) is 44.9 Å². The van der Waals surface area contributed by atoms with Crippen LogP contribution < -0.4 is 10.6 Å². The highest BCUT2D eigenvalue weighted by molar-refractivity contribution is 6.34. The molecule has 18 heavy (non-hydrogen) atoms. The van der Waals surface area contributed by atoms with Gasteiger partial charge < -0.3 is 15.8 Å². The van der Waals surface area contributed by atoms with E-state index in [9.17, 15) is 0 Å². The molecule has 0 radical (unpaired) electrons. The molecular formula is C13H18ClN3O. The number of anilines is 1. The number of oxime groups is 1. The van der Waals surface area contributed by atoms with Gasteiger partial charge in [0, 0.05) is 23.3 Å². The van der Waals surface area contributed by atoms with E-state index in [0.717, 1.165) is 12.2 Å². The zero-order chi connectivity index (χ0) is 13.3. The van der Waals surface area contributed by atoms with Gasteiger partial charge in [-0.25, -0.2) is 0 Å². The highest BCUT2D eigenvalue weighted by Gasteiger charge is 2.32. The van der Waals surface area contributed by atoms with E-state index in [1.54, 1.807) is 6.07 Å². The molecule has 5 heteroatoms. The van der Waals surface area contributed by atoms with E-state index in [-0.39, 0.29) is 11.4 Å². The van der Waals surface area contributed by atoms with E-state index < -0.39 is 0 Å². The van der Waals surface area contributed by atoms with Crippen LogP contribution in [0, 0.1) is 0 Å². The largest absolute Gasteiger partial charge is 0.409 e. The third kappa shape index (κ3) is 2.25. The van der Waals surface area contributed by atoms with Gasteiger partial charge in [0.1, 0.15) is 0 Å². The monoisotopic (exact) mass is 267 g/mol. The summed E-state index contributed by atoms with van der Waals surface area (Å²) in [6, 6.07) is 5.63. The SMILES string of the molecule is CC1(C)CCCN1c1ccc(C(N)=NO)c(Cl)c1. The van der Waals surface area contributed by atoms with Crippen molar-refractivity contribution in [3.05, 3.63) is 28.8 Å². The fraction of sp³-hybridized carbons (Fsp3) is 0.462. The van der Waals surface area contributed by atoms with Gasteiger partial charge in [-0.2, -0.15) is 0 Å². The molecule has 1 aliphatic rings. The third-order valence-corrected chi connectivity index (χ3v) is 3.86. The van der Waals surface area contributed by atoms with Crippen LogP contribution >= 0.6 is 11.6 Å². The quantitative estimate of drug-likeness (QED) is 0.375. The molecule has 1 heterocycles. The Balaban J connectivity index is 2.35. The lowest BCUT2D eigenvalue weighted by atomic mass is 10.0. The Bertz CT molecular complexity index is 485.